The molecule has 0 bridgehead atoms. The summed E-state index contributed by atoms with van der Waals surface area (Å²) in [6.45, 7) is 9.62. The molecule has 2 fully saturated rings. The molecular formula is C12H24N2S. The van der Waals surface area contributed by atoms with Crippen molar-refractivity contribution in [3.05, 3.63) is 0 Å². The Bertz CT molecular complexity index is 200. The zero-order valence-corrected chi connectivity index (χ0v) is 10.9. The van der Waals surface area contributed by atoms with Crippen molar-refractivity contribution in [3.63, 3.8) is 0 Å². The Hall–Kier alpha value is 0.270. The summed E-state index contributed by atoms with van der Waals surface area (Å²) in [5, 5.41) is 3.56. The maximum Gasteiger partial charge on any atom is 0.0187 e. The molecule has 2 saturated heterocycles. The summed E-state index contributed by atoms with van der Waals surface area (Å²) in [5.41, 5.74) is 0.443. The third-order valence-corrected chi connectivity index (χ3v) is 4.66. The van der Waals surface area contributed by atoms with E-state index in [4.69, 9.17) is 0 Å². The largest absolute Gasteiger partial charge is 0.315 e. The summed E-state index contributed by atoms with van der Waals surface area (Å²) in [5.74, 6) is 2.74. The summed E-state index contributed by atoms with van der Waals surface area (Å²) in [7, 11) is 0. The van der Waals surface area contributed by atoms with Crippen molar-refractivity contribution < 1.29 is 0 Å². The molecule has 0 spiro atoms. The van der Waals surface area contributed by atoms with Crippen molar-refractivity contribution >= 4 is 11.8 Å². The minimum atomic E-state index is 0.443. The topological polar surface area (TPSA) is 15.3 Å². The second-order valence-electron chi connectivity index (χ2n) is 5.68. The van der Waals surface area contributed by atoms with Crippen molar-refractivity contribution in [2.75, 3.05) is 37.7 Å². The van der Waals surface area contributed by atoms with Crippen LogP contribution in [0.3, 0.4) is 0 Å². The van der Waals surface area contributed by atoms with Crippen molar-refractivity contribution in [1.29, 1.82) is 0 Å². The van der Waals surface area contributed by atoms with Gasteiger partial charge in [0, 0.05) is 38.0 Å². The molecule has 2 heterocycles. The SMILES string of the molecule is CC1(C)CNCCN(C2CCCSC2)C1. The summed E-state index contributed by atoms with van der Waals surface area (Å²) in [6.07, 6.45) is 2.84. The second-order valence-corrected chi connectivity index (χ2v) is 6.83. The molecule has 2 rings (SSSR count). The van der Waals surface area contributed by atoms with Gasteiger partial charge in [-0.15, -0.1) is 0 Å². The predicted octanol–water partition coefficient (Wildman–Crippen LogP) is 1.81. The molecule has 2 aliphatic rings. The summed E-state index contributed by atoms with van der Waals surface area (Å²) in [6, 6.07) is 0.850. The fraction of sp³-hybridized carbons (Fsp3) is 1.00. The molecular weight excluding hydrogens is 204 g/mol. The molecule has 1 atom stereocenters. The first kappa shape index (κ1) is 11.7. The van der Waals surface area contributed by atoms with Gasteiger partial charge in [-0.3, -0.25) is 4.90 Å². The molecule has 2 aliphatic heterocycles. The maximum atomic E-state index is 3.56. The Kier molecular flexibility index (Phi) is 3.97. The molecule has 88 valence electrons. The number of nitrogens with zero attached hydrogens (tertiary/aromatic N) is 1. The Morgan fingerprint density at radius 2 is 2.27 bits per heavy atom. The number of rotatable bonds is 1. The van der Waals surface area contributed by atoms with Crippen LogP contribution in [0.5, 0.6) is 0 Å². The molecule has 1 unspecified atom stereocenters. The molecule has 3 heteroatoms. The quantitative estimate of drug-likeness (QED) is 0.737. The standard InChI is InChI=1S/C12H24N2S/c1-12(2)9-13-5-6-14(10-12)11-4-3-7-15-8-11/h11,13H,3-10H2,1-2H3. The van der Waals surface area contributed by atoms with Gasteiger partial charge < -0.3 is 5.32 Å². The molecule has 0 aliphatic carbocycles. The van der Waals surface area contributed by atoms with E-state index in [2.05, 4.69) is 35.8 Å². The first-order valence-corrected chi connectivity index (χ1v) is 7.35. The van der Waals surface area contributed by atoms with E-state index in [1.807, 2.05) is 0 Å². The van der Waals surface area contributed by atoms with Crippen molar-refractivity contribution in [1.82, 2.24) is 10.2 Å². The number of hydrogen-bond acceptors (Lipinski definition) is 3. The fourth-order valence-corrected chi connectivity index (χ4v) is 3.84. The molecule has 0 radical (unpaired) electrons. The number of nitrogens with one attached hydrogen (secondary N) is 1. The van der Waals surface area contributed by atoms with E-state index in [9.17, 15) is 0 Å². The second kappa shape index (κ2) is 5.07. The van der Waals surface area contributed by atoms with Crippen LogP contribution in [0.4, 0.5) is 0 Å². The average molecular weight is 228 g/mol. The molecule has 0 amide bonds. The fourth-order valence-electron chi connectivity index (χ4n) is 2.66. The van der Waals surface area contributed by atoms with Crippen molar-refractivity contribution in [3.8, 4) is 0 Å². The monoisotopic (exact) mass is 228 g/mol. The zero-order chi connectivity index (χ0) is 10.7. The molecule has 0 aromatic carbocycles. The highest BCUT2D eigenvalue weighted by atomic mass is 32.2. The minimum absolute atomic E-state index is 0.443. The zero-order valence-electron chi connectivity index (χ0n) is 10.1. The molecule has 0 saturated carbocycles. The number of hydrogen-bond donors (Lipinski definition) is 1. The van der Waals surface area contributed by atoms with Crippen LogP contribution in [0.1, 0.15) is 26.7 Å². The van der Waals surface area contributed by atoms with E-state index in [1.54, 1.807) is 0 Å². The van der Waals surface area contributed by atoms with Crippen molar-refractivity contribution in [2.45, 2.75) is 32.7 Å². The van der Waals surface area contributed by atoms with Crippen LogP contribution in [0.2, 0.25) is 0 Å². The van der Waals surface area contributed by atoms with Gasteiger partial charge in [0.25, 0.3) is 0 Å². The lowest BCUT2D eigenvalue weighted by Gasteiger charge is -2.36. The van der Waals surface area contributed by atoms with Gasteiger partial charge in [0.05, 0.1) is 0 Å². The Morgan fingerprint density at radius 3 is 3.00 bits per heavy atom. The van der Waals surface area contributed by atoms with Crippen molar-refractivity contribution in [2.24, 2.45) is 5.41 Å². The summed E-state index contributed by atoms with van der Waals surface area (Å²) >= 11 is 2.14. The number of thioether (sulfide) groups is 1. The molecule has 0 aromatic rings. The van der Waals surface area contributed by atoms with Crippen LogP contribution >= 0.6 is 11.8 Å². The van der Waals surface area contributed by atoms with E-state index in [0.717, 1.165) is 6.04 Å². The van der Waals surface area contributed by atoms with Gasteiger partial charge in [0.1, 0.15) is 0 Å². The van der Waals surface area contributed by atoms with Gasteiger partial charge in [-0.05, 0) is 24.0 Å². The third kappa shape index (κ3) is 3.36. The average Bonchev–Trinajstić information content (AvgIpc) is 2.41. The lowest BCUT2D eigenvalue weighted by atomic mass is 9.92. The highest BCUT2D eigenvalue weighted by Gasteiger charge is 2.29. The van der Waals surface area contributed by atoms with Crippen LogP contribution in [-0.4, -0.2) is 48.6 Å². The Labute approximate surface area is 98.2 Å². The maximum absolute atomic E-state index is 3.56. The minimum Gasteiger partial charge on any atom is -0.315 e. The van der Waals surface area contributed by atoms with Gasteiger partial charge in [0.15, 0.2) is 0 Å². The van der Waals surface area contributed by atoms with Gasteiger partial charge in [-0.1, -0.05) is 13.8 Å². The van der Waals surface area contributed by atoms with Crippen LogP contribution in [-0.2, 0) is 0 Å². The predicted molar refractivity (Wildman–Crippen MR) is 68.6 cm³/mol. The smallest absolute Gasteiger partial charge is 0.0187 e. The molecule has 0 aromatic heterocycles. The first-order chi connectivity index (χ1) is 7.17. The van der Waals surface area contributed by atoms with E-state index >= 15 is 0 Å². The van der Waals surface area contributed by atoms with Gasteiger partial charge in [-0.25, -0.2) is 0 Å². The van der Waals surface area contributed by atoms with E-state index in [0.29, 0.717) is 5.41 Å². The first-order valence-electron chi connectivity index (χ1n) is 6.20. The highest BCUT2D eigenvalue weighted by molar-refractivity contribution is 7.99. The van der Waals surface area contributed by atoms with Crippen LogP contribution in [0.15, 0.2) is 0 Å². The Morgan fingerprint density at radius 1 is 1.40 bits per heavy atom. The lowest BCUT2D eigenvalue weighted by Crippen LogP contribution is -2.44. The lowest BCUT2D eigenvalue weighted by molar-refractivity contribution is 0.155. The van der Waals surface area contributed by atoms with Crippen LogP contribution in [0, 0.1) is 5.41 Å². The molecule has 1 N–H and O–H groups in total. The Balaban J connectivity index is 1.94. The third-order valence-electron chi connectivity index (χ3n) is 3.46. The van der Waals surface area contributed by atoms with Gasteiger partial charge in [0.2, 0.25) is 0 Å². The van der Waals surface area contributed by atoms with Gasteiger partial charge in [-0.2, -0.15) is 11.8 Å². The molecule has 2 nitrogen and oxygen atoms in total. The molecule has 15 heavy (non-hydrogen) atoms. The summed E-state index contributed by atoms with van der Waals surface area (Å²) < 4.78 is 0. The normalized spacial score (nSPS) is 33.6. The van der Waals surface area contributed by atoms with E-state index in [-0.39, 0.29) is 0 Å². The van der Waals surface area contributed by atoms with E-state index in [1.165, 1.54) is 50.5 Å². The van der Waals surface area contributed by atoms with Crippen LogP contribution < -0.4 is 5.32 Å². The van der Waals surface area contributed by atoms with E-state index < -0.39 is 0 Å². The van der Waals surface area contributed by atoms with Crippen LogP contribution in [0.25, 0.3) is 0 Å². The highest BCUT2D eigenvalue weighted by Crippen LogP contribution is 2.26. The summed E-state index contributed by atoms with van der Waals surface area (Å²) in [4.78, 5) is 2.73. The van der Waals surface area contributed by atoms with Gasteiger partial charge >= 0.3 is 0 Å².